The predicted octanol–water partition coefficient (Wildman–Crippen LogP) is 3.86. The normalized spacial score (nSPS) is 13.7. The lowest BCUT2D eigenvalue weighted by molar-refractivity contribution is 0.515. The topological polar surface area (TPSA) is 26.0 Å². The first kappa shape index (κ1) is 11.2. The zero-order valence-corrected chi connectivity index (χ0v) is 10.7. The van der Waals surface area contributed by atoms with Crippen molar-refractivity contribution < 1.29 is 0 Å². The lowest BCUT2D eigenvalue weighted by Gasteiger charge is -2.11. The van der Waals surface area contributed by atoms with Crippen LogP contribution in [-0.2, 0) is 0 Å². The van der Waals surface area contributed by atoms with E-state index in [2.05, 4.69) is 42.8 Å². The predicted molar refractivity (Wildman–Crippen MR) is 63.1 cm³/mol. The Morgan fingerprint density at radius 1 is 1.54 bits per heavy atom. The zero-order valence-electron chi connectivity index (χ0n) is 8.30. The van der Waals surface area contributed by atoms with Gasteiger partial charge in [-0.3, -0.25) is 0 Å². The molecule has 0 aliphatic rings. The van der Waals surface area contributed by atoms with Gasteiger partial charge in [-0.15, -0.1) is 11.3 Å². The van der Waals surface area contributed by atoms with E-state index in [-0.39, 0.29) is 6.04 Å². The van der Waals surface area contributed by atoms with Gasteiger partial charge in [-0.1, -0.05) is 13.8 Å². The third-order valence-corrected chi connectivity index (χ3v) is 4.24. The average molecular weight is 262 g/mol. The molecule has 0 aromatic carbocycles. The number of halogens is 1. The first-order valence-electron chi connectivity index (χ1n) is 4.52. The number of nitrogens with two attached hydrogens (primary N) is 1. The molecule has 2 N–H and O–H groups in total. The van der Waals surface area contributed by atoms with Gasteiger partial charge in [0.25, 0.3) is 0 Å². The van der Waals surface area contributed by atoms with Crippen molar-refractivity contribution in [2.45, 2.75) is 33.2 Å². The van der Waals surface area contributed by atoms with Gasteiger partial charge in [-0.25, -0.2) is 0 Å². The van der Waals surface area contributed by atoms with E-state index < -0.39 is 0 Å². The molecule has 0 bridgehead atoms. The van der Waals surface area contributed by atoms with Crippen LogP contribution in [0.3, 0.4) is 0 Å². The maximum atomic E-state index is 6.07. The van der Waals surface area contributed by atoms with Gasteiger partial charge in [0.05, 0.1) is 0 Å². The summed E-state index contributed by atoms with van der Waals surface area (Å²) in [6.07, 6.45) is 1.06. The van der Waals surface area contributed by atoms with Crippen molar-refractivity contribution in [2.75, 3.05) is 0 Å². The molecule has 74 valence electrons. The minimum Gasteiger partial charge on any atom is -0.323 e. The largest absolute Gasteiger partial charge is 0.323 e. The highest BCUT2D eigenvalue weighted by molar-refractivity contribution is 9.10. The molecule has 1 heterocycles. The maximum absolute atomic E-state index is 6.07. The highest BCUT2D eigenvalue weighted by atomic mass is 79.9. The Hall–Kier alpha value is 0.140. The lowest BCUT2D eigenvalue weighted by Crippen LogP contribution is -2.11. The fourth-order valence-corrected chi connectivity index (χ4v) is 2.86. The molecular formula is C10H16BrNS. The molecule has 0 saturated heterocycles. The molecule has 0 radical (unpaired) electrons. The van der Waals surface area contributed by atoms with Crippen LogP contribution < -0.4 is 5.73 Å². The Morgan fingerprint density at radius 3 is 2.54 bits per heavy atom. The Morgan fingerprint density at radius 2 is 2.15 bits per heavy atom. The second-order valence-corrected chi connectivity index (χ2v) is 5.93. The second-order valence-electron chi connectivity index (χ2n) is 3.79. The summed E-state index contributed by atoms with van der Waals surface area (Å²) in [6.45, 7) is 6.52. The van der Waals surface area contributed by atoms with Crippen molar-refractivity contribution in [1.82, 2.24) is 0 Å². The smallest absolute Gasteiger partial charge is 0.0392 e. The van der Waals surface area contributed by atoms with Crippen molar-refractivity contribution >= 4 is 27.3 Å². The molecule has 1 rings (SSSR count). The lowest BCUT2D eigenvalue weighted by atomic mass is 10.0. The van der Waals surface area contributed by atoms with Crippen LogP contribution in [0, 0.1) is 12.8 Å². The molecule has 0 spiro atoms. The third kappa shape index (κ3) is 3.08. The Balaban J connectivity index is 2.71. The monoisotopic (exact) mass is 261 g/mol. The molecule has 0 aliphatic carbocycles. The van der Waals surface area contributed by atoms with E-state index in [0.29, 0.717) is 5.92 Å². The van der Waals surface area contributed by atoms with Crippen molar-refractivity contribution in [3.63, 3.8) is 0 Å². The van der Waals surface area contributed by atoms with Crippen molar-refractivity contribution in [3.8, 4) is 0 Å². The molecule has 0 amide bonds. The van der Waals surface area contributed by atoms with Gasteiger partial charge >= 0.3 is 0 Å². The quantitative estimate of drug-likeness (QED) is 0.879. The summed E-state index contributed by atoms with van der Waals surface area (Å²) >= 11 is 5.30. The second kappa shape index (κ2) is 4.58. The molecule has 0 aliphatic heterocycles. The summed E-state index contributed by atoms with van der Waals surface area (Å²) in [6, 6.07) is 2.35. The van der Waals surface area contributed by atoms with Crippen LogP contribution in [0.25, 0.3) is 0 Å². The van der Waals surface area contributed by atoms with Gasteiger partial charge in [0.1, 0.15) is 0 Å². The van der Waals surface area contributed by atoms with Gasteiger partial charge in [0.15, 0.2) is 0 Å². The van der Waals surface area contributed by atoms with Crippen LogP contribution >= 0.6 is 27.3 Å². The molecule has 1 unspecified atom stereocenters. The highest BCUT2D eigenvalue weighted by Crippen LogP contribution is 2.31. The first-order chi connectivity index (χ1) is 6.00. The van der Waals surface area contributed by atoms with Crippen LogP contribution in [-0.4, -0.2) is 0 Å². The standard InChI is InChI=1S/C10H16BrNS/c1-6(2)4-9(12)10-5-8(11)7(3)13-10/h5-6,9H,4,12H2,1-3H3. The van der Waals surface area contributed by atoms with E-state index in [1.54, 1.807) is 11.3 Å². The van der Waals surface area contributed by atoms with Crippen molar-refractivity contribution in [3.05, 3.63) is 20.3 Å². The fourth-order valence-electron chi connectivity index (χ4n) is 1.29. The van der Waals surface area contributed by atoms with E-state index in [4.69, 9.17) is 5.73 Å². The number of rotatable bonds is 3. The third-order valence-electron chi connectivity index (χ3n) is 1.97. The van der Waals surface area contributed by atoms with Crippen LogP contribution in [0.5, 0.6) is 0 Å². The number of hydrogen-bond donors (Lipinski definition) is 1. The summed E-state index contributed by atoms with van der Waals surface area (Å²) in [4.78, 5) is 2.60. The van der Waals surface area contributed by atoms with E-state index in [1.807, 2.05) is 0 Å². The molecule has 1 aromatic rings. The molecule has 1 nitrogen and oxygen atoms in total. The average Bonchev–Trinajstić information content (AvgIpc) is 2.31. The van der Waals surface area contributed by atoms with Gasteiger partial charge in [0, 0.05) is 20.3 Å². The number of hydrogen-bond acceptors (Lipinski definition) is 2. The Bertz CT molecular complexity index is 261. The SMILES string of the molecule is Cc1sc(C(N)CC(C)C)cc1Br. The number of aryl methyl sites for hydroxylation is 1. The van der Waals surface area contributed by atoms with Crippen molar-refractivity contribution in [1.29, 1.82) is 0 Å². The number of thiophene rings is 1. The molecule has 0 fully saturated rings. The molecular weight excluding hydrogens is 246 g/mol. The first-order valence-corrected chi connectivity index (χ1v) is 6.13. The summed E-state index contributed by atoms with van der Waals surface area (Å²) in [5, 5.41) is 0. The van der Waals surface area contributed by atoms with E-state index in [1.165, 1.54) is 14.2 Å². The van der Waals surface area contributed by atoms with Crippen LogP contribution in [0.4, 0.5) is 0 Å². The molecule has 13 heavy (non-hydrogen) atoms. The van der Waals surface area contributed by atoms with Gasteiger partial charge in [0.2, 0.25) is 0 Å². The zero-order chi connectivity index (χ0) is 10.0. The van der Waals surface area contributed by atoms with Gasteiger partial charge < -0.3 is 5.73 Å². The van der Waals surface area contributed by atoms with Gasteiger partial charge in [-0.2, -0.15) is 0 Å². The highest BCUT2D eigenvalue weighted by Gasteiger charge is 2.12. The summed E-state index contributed by atoms with van der Waals surface area (Å²) in [5.74, 6) is 0.663. The van der Waals surface area contributed by atoms with Crippen LogP contribution in [0.15, 0.2) is 10.5 Å². The summed E-state index contributed by atoms with van der Waals surface area (Å²) < 4.78 is 1.19. The minimum atomic E-state index is 0.204. The fraction of sp³-hybridized carbons (Fsp3) is 0.600. The molecule has 3 heteroatoms. The summed E-state index contributed by atoms with van der Waals surface area (Å²) in [7, 11) is 0. The van der Waals surface area contributed by atoms with E-state index >= 15 is 0 Å². The van der Waals surface area contributed by atoms with Crippen LogP contribution in [0.2, 0.25) is 0 Å². The summed E-state index contributed by atoms with van der Waals surface area (Å²) in [5.41, 5.74) is 6.07. The molecule has 0 saturated carbocycles. The van der Waals surface area contributed by atoms with E-state index in [9.17, 15) is 0 Å². The van der Waals surface area contributed by atoms with Crippen LogP contribution in [0.1, 0.15) is 36.1 Å². The van der Waals surface area contributed by atoms with E-state index in [0.717, 1.165) is 6.42 Å². The molecule has 1 aromatic heterocycles. The Kier molecular flexibility index (Phi) is 3.95. The molecule has 1 atom stereocenters. The minimum absolute atomic E-state index is 0.204. The van der Waals surface area contributed by atoms with Crippen molar-refractivity contribution in [2.24, 2.45) is 11.7 Å². The maximum Gasteiger partial charge on any atom is 0.0392 e. The Labute approximate surface area is 92.5 Å². The van der Waals surface area contributed by atoms with Gasteiger partial charge in [-0.05, 0) is 41.3 Å².